The van der Waals surface area contributed by atoms with E-state index in [1.807, 2.05) is 6.07 Å². The van der Waals surface area contributed by atoms with Crippen molar-refractivity contribution < 1.29 is 23.8 Å². The van der Waals surface area contributed by atoms with E-state index in [-0.39, 0.29) is 17.9 Å². The first-order valence-electron chi connectivity index (χ1n) is 10.5. The molecule has 2 aromatic carbocycles. The number of carbonyl (C=O) groups is 2. The van der Waals surface area contributed by atoms with Crippen molar-refractivity contribution in [1.82, 2.24) is 9.88 Å². The highest BCUT2D eigenvalue weighted by molar-refractivity contribution is 6.31. The molecule has 1 atom stereocenters. The molecule has 1 aliphatic rings. The fourth-order valence-corrected chi connectivity index (χ4v) is 4.31. The number of nitrogens with zero attached hydrogens (tertiary/aromatic N) is 2. The van der Waals surface area contributed by atoms with Gasteiger partial charge in [0.25, 0.3) is 5.91 Å². The Morgan fingerprint density at radius 2 is 1.97 bits per heavy atom. The van der Waals surface area contributed by atoms with E-state index in [2.05, 4.69) is 4.98 Å². The molecule has 2 aromatic heterocycles. The Hall–Kier alpha value is -4.10. The van der Waals surface area contributed by atoms with Crippen LogP contribution in [0.1, 0.15) is 27.7 Å². The minimum Gasteiger partial charge on any atom is -0.503 e. The number of amides is 1. The molecule has 0 spiro atoms. The van der Waals surface area contributed by atoms with Crippen LogP contribution in [0.15, 0.2) is 88.8 Å². The number of methoxy groups -OCH3 is 1. The average Bonchev–Trinajstić information content (AvgIpc) is 3.38. The lowest BCUT2D eigenvalue weighted by molar-refractivity contribution is -0.130. The number of carbonyl (C=O) groups excluding carboxylic acids is 2. The van der Waals surface area contributed by atoms with Crippen LogP contribution in [0.4, 0.5) is 0 Å². The number of hydrogen-bond donors (Lipinski definition) is 1. The number of rotatable bonds is 6. The number of aliphatic hydroxyl groups is 1. The fraction of sp³-hybridized carbons (Fsp3) is 0.115. The third-order valence-electron chi connectivity index (χ3n) is 5.76. The molecule has 1 N–H and O–H groups in total. The van der Waals surface area contributed by atoms with E-state index in [1.54, 1.807) is 74.1 Å². The summed E-state index contributed by atoms with van der Waals surface area (Å²) in [7, 11) is 1.55. The van der Waals surface area contributed by atoms with Crippen molar-refractivity contribution in [2.45, 2.75) is 12.6 Å². The molecular formula is C26H19ClN2O5. The van der Waals surface area contributed by atoms with Gasteiger partial charge >= 0.3 is 0 Å². The smallest absolute Gasteiger partial charge is 0.290 e. The van der Waals surface area contributed by atoms with E-state index in [9.17, 15) is 14.7 Å². The molecule has 5 rings (SSSR count). The van der Waals surface area contributed by atoms with E-state index in [0.717, 1.165) is 5.56 Å². The zero-order chi connectivity index (χ0) is 23.8. The highest BCUT2D eigenvalue weighted by Gasteiger charge is 2.44. The number of Topliss-reactive ketones (excluding diaryl/α,β-unsaturated/α-hetero) is 1. The van der Waals surface area contributed by atoms with Crippen molar-refractivity contribution in [2.75, 3.05) is 7.11 Å². The van der Waals surface area contributed by atoms with Crippen molar-refractivity contribution >= 4 is 34.3 Å². The second kappa shape index (κ2) is 8.68. The van der Waals surface area contributed by atoms with Gasteiger partial charge in [-0.3, -0.25) is 14.6 Å². The summed E-state index contributed by atoms with van der Waals surface area (Å²) in [6.45, 7) is 0.153. The Morgan fingerprint density at radius 3 is 2.68 bits per heavy atom. The van der Waals surface area contributed by atoms with Crippen LogP contribution in [-0.2, 0) is 11.3 Å². The van der Waals surface area contributed by atoms with Gasteiger partial charge in [0.1, 0.15) is 11.3 Å². The van der Waals surface area contributed by atoms with Gasteiger partial charge in [-0.05, 0) is 53.6 Å². The van der Waals surface area contributed by atoms with Gasteiger partial charge in [-0.15, -0.1) is 0 Å². The predicted molar refractivity (Wildman–Crippen MR) is 126 cm³/mol. The molecule has 4 aromatic rings. The van der Waals surface area contributed by atoms with Crippen molar-refractivity contribution in [3.63, 3.8) is 0 Å². The third kappa shape index (κ3) is 3.80. The summed E-state index contributed by atoms with van der Waals surface area (Å²) in [5, 5.41) is 12.0. The molecule has 0 bridgehead atoms. The maximum absolute atomic E-state index is 13.6. The molecule has 3 heterocycles. The lowest BCUT2D eigenvalue weighted by Crippen LogP contribution is -2.30. The van der Waals surface area contributed by atoms with Gasteiger partial charge in [0.05, 0.1) is 18.7 Å². The van der Waals surface area contributed by atoms with Gasteiger partial charge in [-0.25, -0.2) is 0 Å². The maximum Gasteiger partial charge on any atom is 0.290 e. The zero-order valence-corrected chi connectivity index (χ0v) is 18.8. The minimum atomic E-state index is -0.831. The minimum absolute atomic E-state index is 0.00774. The Morgan fingerprint density at radius 1 is 1.18 bits per heavy atom. The Labute approximate surface area is 199 Å². The van der Waals surface area contributed by atoms with Gasteiger partial charge in [0.2, 0.25) is 5.78 Å². The lowest BCUT2D eigenvalue weighted by atomic mass is 9.94. The summed E-state index contributed by atoms with van der Waals surface area (Å²) in [6, 6.07) is 16.3. The number of fused-ring (bicyclic) bond motifs is 1. The molecule has 1 aliphatic heterocycles. The Bertz CT molecular complexity index is 1430. The van der Waals surface area contributed by atoms with E-state index in [1.165, 1.54) is 4.90 Å². The first kappa shape index (κ1) is 21.7. The van der Waals surface area contributed by atoms with Crippen LogP contribution in [-0.4, -0.2) is 33.8 Å². The molecule has 0 saturated carbocycles. The highest BCUT2D eigenvalue weighted by Crippen LogP contribution is 2.41. The van der Waals surface area contributed by atoms with Crippen LogP contribution < -0.4 is 4.74 Å². The second-order valence-corrected chi connectivity index (χ2v) is 8.29. The topological polar surface area (TPSA) is 92.9 Å². The first-order chi connectivity index (χ1) is 16.5. The number of benzene rings is 2. The molecule has 0 radical (unpaired) electrons. The van der Waals surface area contributed by atoms with Crippen LogP contribution in [0.3, 0.4) is 0 Å². The normalized spacial score (nSPS) is 15.9. The number of furan rings is 1. The molecular weight excluding hydrogens is 456 g/mol. The molecule has 1 unspecified atom stereocenters. The summed E-state index contributed by atoms with van der Waals surface area (Å²) in [5.41, 5.74) is 1.83. The summed E-state index contributed by atoms with van der Waals surface area (Å²) < 4.78 is 11.0. The van der Waals surface area contributed by atoms with Gasteiger partial charge in [-0.2, -0.15) is 0 Å². The van der Waals surface area contributed by atoms with Crippen LogP contribution in [0.25, 0.3) is 11.0 Å². The predicted octanol–water partition coefficient (Wildman–Crippen LogP) is 5.27. The quantitative estimate of drug-likeness (QED) is 0.383. The number of halogens is 1. The number of ether oxygens (including phenoxy) is 1. The molecule has 34 heavy (non-hydrogen) atoms. The van der Waals surface area contributed by atoms with Crippen LogP contribution in [0, 0.1) is 0 Å². The summed E-state index contributed by atoms with van der Waals surface area (Å²) in [4.78, 5) is 32.3. The number of ketones is 1. The Balaban J connectivity index is 1.59. The number of aliphatic hydroxyl groups excluding tert-OH is 1. The summed E-state index contributed by atoms with van der Waals surface area (Å²) in [6.07, 6.45) is 3.27. The average molecular weight is 475 g/mol. The fourth-order valence-electron chi connectivity index (χ4n) is 4.13. The van der Waals surface area contributed by atoms with Crippen molar-refractivity contribution in [2.24, 2.45) is 0 Å². The molecule has 0 aliphatic carbocycles. The number of pyridine rings is 1. The van der Waals surface area contributed by atoms with E-state index >= 15 is 0 Å². The van der Waals surface area contributed by atoms with Crippen molar-refractivity contribution in [3.8, 4) is 5.75 Å². The SMILES string of the molecule is COc1ccc(C2C(C(=O)c3cc4cc(Cl)ccc4o3)=C(O)C(=O)N2Cc2cccnc2)cc1. The largest absolute Gasteiger partial charge is 0.503 e. The zero-order valence-electron chi connectivity index (χ0n) is 18.1. The van der Waals surface area contributed by atoms with Crippen LogP contribution in [0.5, 0.6) is 5.75 Å². The van der Waals surface area contributed by atoms with Gasteiger partial charge in [0, 0.05) is 29.3 Å². The van der Waals surface area contributed by atoms with Crippen LogP contribution in [0.2, 0.25) is 5.02 Å². The number of hydrogen-bond acceptors (Lipinski definition) is 6. The van der Waals surface area contributed by atoms with E-state index in [0.29, 0.717) is 27.3 Å². The molecule has 1 amide bonds. The molecule has 0 saturated heterocycles. The second-order valence-electron chi connectivity index (χ2n) is 7.85. The monoisotopic (exact) mass is 474 g/mol. The van der Waals surface area contributed by atoms with E-state index in [4.69, 9.17) is 20.8 Å². The van der Waals surface area contributed by atoms with E-state index < -0.39 is 23.5 Å². The standard InChI is InChI=1S/C26H19ClN2O5/c1-33-19-7-4-16(5-8-19)23-22(24(30)21-12-17-11-18(27)6-9-20(17)34-21)25(31)26(32)29(23)14-15-3-2-10-28-13-15/h2-13,23,31H,14H2,1H3. The summed E-state index contributed by atoms with van der Waals surface area (Å²) >= 11 is 6.06. The van der Waals surface area contributed by atoms with Crippen molar-refractivity contribution in [1.29, 1.82) is 0 Å². The molecule has 8 heteroatoms. The van der Waals surface area contributed by atoms with Gasteiger partial charge in [0.15, 0.2) is 11.5 Å². The third-order valence-corrected chi connectivity index (χ3v) is 5.99. The number of aromatic nitrogens is 1. The summed E-state index contributed by atoms with van der Waals surface area (Å²) in [5.74, 6) is -1.19. The molecule has 170 valence electrons. The highest BCUT2D eigenvalue weighted by atomic mass is 35.5. The van der Waals surface area contributed by atoms with Crippen molar-refractivity contribution in [3.05, 3.63) is 106 Å². The molecule has 7 nitrogen and oxygen atoms in total. The van der Waals surface area contributed by atoms with Gasteiger partial charge < -0.3 is 19.2 Å². The van der Waals surface area contributed by atoms with Gasteiger partial charge in [-0.1, -0.05) is 29.8 Å². The molecule has 0 fully saturated rings. The maximum atomic E-state index is 13.6. The lowest BCUT2D eigenvalue weighted by Gasteiger charge is -2.26. The first-order valence-corrected chi connectivity index (χ1v) is 10.8. The van der Waals surface area contributed by atoms with Crippen LogP contribution >= 0.6 is 11.6 Å². The Kier molecular flexibility index (Phi) is 5.55.